The normalized spacial score (nSPS) is 18.5. The van der Waals surface area contributed by atoms with Gasteiger partial charge in [0.25, 0.3) is 0 Å². The third-order valence-corrected chi connectivity index (χ3v) is 3.26. The molecular formula is C13H17F2NO. The lowest BCUT2D eigenvalue weighted by molar-refractivity contribution is 0.144. The summed E-state index contributed by atoms with van der Waals surface area (Å²) in [5.74, 6) is -1.83. The zero-order valence-corrected chi connectivity index (χ0v) is 9.70. The van der Waals surface area contributed by atoms with Crippen LogP contribution in [0.15, 0.2) is 18.2 Å². The molecule has 1 aromatic carbocycles. The van der Waals surface area contributed by atoms with Gasteiger partial charge in [-0.1, -0.05) is 12.1 Å². The fraction of sp³-hybridized carbons (Fsp3) is 0.538. The van der Waals surface area contributed by atoms with Crippen LogP contribution in [0.4, 0.5) is 8.78 Å². The average molecular weight is 241 g/mol. The van der Waals surface area contributed by atoms with Crippen LogP contribution in [-0.2, 0) is 0 Å². The SMILES string of the molecule is OC(CCN1CCCC1)c1cccc(F)c1F. The number of hydrogen-bond donors (Lipinski definition) is 1. The van der Waals surface area contributed by atoms with Gasteiger partial charge < -0.3 is 10.0 Å². The fourth-order valence-electron chi connectivity index (χ4n) is 2.24. The fourth-order valence-corrected chi connectivity index (χ4v) is 2.24. The minimum Gasteiger partial charge on any atom is -0.388 e. The van der Waals surface area contributed by atoms with Crippen molar-refractivity contribution >= 4 is 0 Å². The van der Waals surface area contributed by atoms with Gasteiger partial charge in [0.2, 0.25) is 0 Å². The zero-order chi connectivity index (χ0) is 12.3. The highest BCUT2D eigenvalue weighted by molar-refractivity contribution is 5.21. The Balaban J connectivity index is 1.94. The summed E-state index contributed by atoms with van der Waals surface area (Å²) in [7, 11) is 0. The number of hydrogen-bond acceptors (Lipinski definition) is 2. The molecule has 0 amide bonds. The molecule has 2 rings (SSSR count). The van der Waals surface area contributed by atoms with Crippen LogP contribution < -0.4 is 0 Å². The first kappa shape index (κ1) is 12.5. The quantitative estimate of drug-likeness (QED) is 0.875. The van der Waals surface area contributed by atoms with Gasteiger partial charge in [0.15, 0.2) is 11.6 Å². The van der Waals surface area contributed by atoms with Crippen LogP contribution in [0, 0.1) is 11.6 Å². The van der Waals surface area contributed by atoms with Crippen LogP contribution >= 0.6 is 0 Å². The van der Waals surface area contributed by atoms with Gasteiger partial charge in [0.05, 0.1) is 6.10 Å². The van der Waals surface area contributed by atoms with E-state index in [1.807, 2.05) is 0 Å². The summed E-state index contributed by atoms with van der Waals surface area (Å²) in [5.41, 5.74) is 0.0594. The first-order valence-corrected chi connectivity index (χ1v) is 6.03. The van der Waals surface area contributed by atoms with E-state index in [2.05, 4.69) is 4.90 Å². The average Bonchev–Trinajstić information content (AvgIpc) is 2.82. The van der Waals surface area contributed by atoms with E-state index in [9.17, 15) is 13.9 Å². The maximum Gasteiger partial charge on any atom is 0.164 e. The molecule has 1 heterocycles. The van der Waals surface area contributed by atoms with Crippen molar-refractivity contribution in [1.29, 1.82) is 0 Å². The Morgan fingerprint density at radius 3 is 2.65 bits per heavy atom. The summed E-state index contributed by atoms with van der Waals surface area (Å²) in [5, 5.41) is 9.85. The summed E-state index contributed by atoms with van der Waals surface area (Å²) >= 11 is 0. The van der Waals surface area contributed by atoms with E-state index in [-0.39, 0.29) is 5.56 Å². The van der Waals surface area contributed by atoms with Gasteiger partial charge >= 0.3 is 0 Å². The molecule has 0 radical (unpaired) electrons. The molecule has 1 atom stereocenters. The van der Waals surface area contributed by atoms with Crippen molar-refractivity contribution in [2.45, 2.75) is 25.4 Å². The topological polar surface area (TPSA) is 23.5 Å². The summed E-state index contributed by atoms with van der Waals surface area (Å²) in [4.78, 5) is 2.24. The minimum absolute atomic E-state index is 0.0594. The summed E-state index contributed by atoms with van der Waals surface area (Å²) in [6.45, 7) is 2.81. The first-order chi connectivity index (χ1) is 8.18. The number of likely N-dealkylation sites (tertiary alicyclic amines) is 1. The van der Waals surface area contributed by atoms with Gasteiger partial charge in [-0.05, 0) is 38.4 Å². The maximum absolute atomic E-state index is 13.4. The highest BCUT2D eigenvalue weighted by Gasteiger charge is 2.18. The number of halogens is 2. The highest BCUT2D eigenvalue weighted by Crippen LogP contribution is 2.22. The van der Waals surface area contributed by atoms with Gasteiger partial charge in [-0.15, -0.1) is 0 Å². The molecule has 1 saturated heterocycles. The Bertz CT molecular complexity index is 378. The molecule has 2 nitrogen and oxygen atoms in total. The van der Waals surface area contributed by atoms with Crippen molar-refractivity contribution in [2.24, 2.45) is 0 Å². The Kier molecular flexibility index (Phi) is 4.07. The van der Waals surface area contributed by atoms with Crippen LogP contribution in [0.1, 0.15) is 30.9 Å². The molecule has 1 unspecified atom stereocenters. The molecule has 0 saturated carbocycles. The van der Waals surface area contributed by atoms with E-state index in [1.54, 1.807) is 0 Å². The van der Waals surface area contributed by atoms with E-state index in [0.717, 1.165) is 25.7 Å². The third-order valence-electron chi connectivity index (χ3n) is 3.26. The Hall–Kier alpha value is -1.00. The molecule has 1 aliphatic rings. The molecular weight excluding hydrogens is 224 g/mol. The molecule has 0 aromatic heterocycles. The summed E-state index contributed by atoms with van der Waals surface area (Å²) in [6.07, 6.45) is 1.89. The highest BCUT2D eigenvalue weighted by atomic mass is 19.2. The number of nitrogens with zero attached hydrogens (tertiary/aromatic N) is 1. The molecule has 0 aliphatic carbocycles. The van der Waals surface area contributed by atoms with Crippen molar-refractivity contribution in [2.75, 3.05) is 19.6 Å². The molecule has 94 valence electrons. The first-order valence-electron chi connectivity index (χ1n) is 6.03. The number of benzene rings is 1. The molecule has 1 fully saturated rings. The van der Waals surface area contributed by atoms with Crippen LogP contribution in [0.3, 0.4) is 0 Å². The number of aliphatic hydroxyl groups excluding tert-OH is 1. The Morgan fingerprint density at radius 1 is 1.24 bits per heavy atom. The van der Waals surface area contributed by atoms with Gasteiger partial charge in [-0.3, -0.25) is 0 Å². The molecule has 1 aromatic rings. The second kappa shape index (κ2) is 5.56. The van der Waals surface area contributed by atoms with Crippen molar-refractivity contribution in [1.82, 2.24) is 4.90 Å². The predicted octanol–water partition coefficient (Wildman–Crippen LogP) is 2.48. The van der Waals surface area contributed by atoms with E-state index in [1.165, 1.54) is 25.0 Å². The van der Waals surface area contributed by atoms with E-state index in [4.69, 9.17) is 0 Å². The minimum atomic E-state index is -0.929. The molecule has 1 aliphatic heterocycles. The van der Waals surface area contributed by atoms with E-state index < -0.39 is 17.7 Å². The molecule has 17 heavy (non-hydrogen) atoms. The molecule has 1 N–H and O–H groups in total. The molecule has 0 spiro atoms. The van der Waals surface area contributed by atoms with Gasteiger partial charge in [-0.25, -0.2) is 8.78 Å². The number of rotatable bonds is 4. The van der Waals surface area contributed by atoms with E-state index in [0.29, 0.717) is 6.42 Å². The standard InChI is InChI=1S/C13H17F2NO/c14-11-5-3-4-10(13(11)15)12(17)6-9-16-7-1-2-8-16/h3-5,12,17H,1-2,6-9H2. The third kappa shape index (κ3) is 3.01. The summed E-state index contributed by atoms with van der Waals surface area (Å²) in [6, 6.07) is 3.92. The van der Waals surface area contributed by atoms with Crippen LogP contribution in [-0.4, -0.2) is 29.6 Å². The predicted molar refractivity (Wildman–Crippen MR) is 61.6 cm³/mol. The molecule has 0 bridgehead atoms. The van der Waals surface area contributed by atoms with Gasteiger partial charge in [0.1, 0.15) is 0 Å². The lowest BCUT2D eigenvalue weighted by atomic mass is 10.1. The van der Waals surface area contributed by atoms with Crippen LogP contribution in [0.25, 0.3) is 0 Å². The summed E-state index contributed by atoms with van der Waals surface area (Å²) < 4.78 is 26.4. The number of aliphatic hydroxyl groups is 1. The monoisotopic (exact) mass is 241 g/mol. The maximum atomic E-state index is 13.4. The van der Waals surface area contributed by atoms with Crippen molar-refractivity contribution in [3.05, 3.63) is 35.4 Å². The lowest BCUT2D eigenvalue weighted by Crippen LogP contribution is -2.22. The second-order valence-electron chi connectivity index (χ2n) is 4.50. The largest absolute Gasteiger partial charge is 0.388 e. The van der Waals surface area contributed by atoms with Crippen molar-refractivity contribution < 1.29 is 13.9 Å². The van der Waals surface area contributed by atoms with E-state index >= 15 is 0 Å². The lowest BCUT2D eigenvalue weighted by Gasteiger charge is -2.18. The Morgan fingerprint density at radius 2 is 1.94 bits per heavy atom. The second-order valence-corrected chi connectivity index (χ2v) is 4.50. The van der Waals surface area contributed by atoms with Crippen LogP contribution in [0.2, 0.25) is 0 Å². The van der Waals surface area contributed by atoms with Crippen molar-refractivity contribution in [3.63, 3.8) is 0 Å². The van der Waals surface area contributed by atoms with Crippen LogP contribution in [0.5, 0.6) is 0 Å². The Labute approximate surface area is 99.9 Å². The van der Waals surface area contributed by atoms with Crippen molar-refractivity contribution in [3.8, 4) is 0 Å². The smallest absolute Gasteiger partial charge is 0.164 e. The van der Waals surface area contributed by atoms with Gasteiger partial charge in [-0.2, -0.15) is 0 Å². The zero-order valence-electron chi connectivity index (χ0n) is 9.70. The molecule has 4 heteroatoms. The van der Waals surface area contributed by atoms with Gasteiger partial charge in [0, 0.05) is 12.1 Å².